The molecule has 3 aromatic heterocycles. The smallest absolute Gasteiger partial charge is 0.233 e. The van der Waals surface area contributed by atoms with Crippen molar-refractivity contribution in [3.63, 3.8) is 0 Å². The van der Waals surface area contributed by atoms with Crippen molar-refractivity contribution >= 4 is 23.2 Å². The second-order valence-corrected chi connectivity index (χ2v) is 10.9. The molecular weight excluding hydrogens is 543 g/mol. The number of fused-ring (bicyclic) bond motifs is 1. The van der Waals surface area contributed by atoms with Crippen LogP contribution in [0.25, 0.3) is 28.0 Å². The quantitative estimate of drug-likeness (QED) is 0.231. The zero-order valence-electron chi connectivity index (χ0n) is 23.4. The summed E-state index contributed by atoms with van der Waals surface area (Å²) < 4.78 is 15.3. The first kappa shape index (κ1) is 29.2. The van der Waals surface area contributed by atoms with Crippen molar-refractivity contribution in [1.82, 2.24) is 24.5 Å². The average molecular weight is 577 g/mol. The van der Waals surface area contributed by atoms with Crippen molar-refractivity contribution in [2.75, 3.05) is 32.0 Å². The molecule has 1 fully saturated rings. The molecule has 0 aliphatic carbocycles. The zero-order valence-corrected chi connectivity index (χ0v) is 23.4. The number of benzene rings is 1. The number of aliphatic hydroxyl groups excluding tert-OH is 3. The third kappa shape index (κ3) is 5.13. The SMILES string of the molecule is CC(=O)c1c(C2CCN(C(=O)C(C)(CO)CO)CC2)nc2c(-c3ccc(-c4ccc(F)c(CO)c4)nc3)cnn2c1N. The Morgan fingerprint density at radius 1 is 1.07 bits per heavy atom. The maximum atomic E-state index is 13.8. The van der Waals surface area contributed by atoms with Crippen LogP contribution in [0.5, 0.6) is 0 Å². The van der Waals surface area contributed by atoms with Gasteiger partial charge in [0.25, 0.3) is 0 Å². The van der Waals surface area contributed by atoms with Crippen LogP contribution in [0, 0.1) is 11.2 Å². The molecule has 4 aromatic rings. The first-order valence-corrected chi connectivity index (χ1v) is 13.7. The summed E-state index contributed by atoms with van der Waals surface area (Å²) in [5.41, 5.74) is 9.31. The number of amides is 1. The van der Waals surface area contributed by atoms with Gasteiger partial charge in [-0.25, -0.2) is 9.37 Å². The summed E-state index contributed by atoms with van der Waals surface area (Å²) in [7, 11) is 0. The van der Waals surface area contributed by atoms with Crippen molar-refractivity contribution in [3.05, 3.63) is 65.4 Å². The second-order valence-electron chi connectivity index (χ2n) is 10.9. The van der Waals surface area contributed by atoms with Crippen LogP contribution in [0.4, 0.5) is 10.2 Å². The maximum absolute atomic E-state index is 13.8. The van der Waals surface area contributed by atoms with Gasteiger partial charge in [0.1, 0.15) is 11.6 Å². The number of rotatable bonds is 8. The highest BCUT2D eigenvalue weighted by atomic mass is 19.1. The molecule has 0 saturated carbocycles. The van der Waals surface area contributed by atoms with E-state index in [-0.39, 0.29) is 29.0 Å². The summed E-state index contributed by atoms with van der Waals surface area (Å²) in [6, 6.07) is 8.05. The van der Waals surface area contributed by atoms with Crippen LogP contribution in [0.1, 0.15) is 54.2 Å². The van der Waals surface area contributed by atoms with Crippen molar-refractivity contribution in [2.24, 2.45) is 5.41 Å². The Kier molecular flexibility index (Phi) is 8.04. The molecule has 0 radical (unpaired) electrons. The molecule has 1 amide bonds. The van der Waals surface area contributed by atoms with E-state index in [1.807, 2.05) is 6.07 Å². The molecule has 220 valence electrons. The number of ketones is 1. The van der Waals surface area contributed by atoms with Crippen LogP contribution >= 0.6 is 0 Å². The summed E-state index contributed by atoms with van der Waals surface area (Å²) in [6.07, 6.45) is 4.30. The van der Waals surface area contributed by atoms with E-state index in [2.05, 4.69) is 10.1 Å². The second kappa shape index (κ2) is 11.6. The highest BCUT2D eigenvalue weighted by molar-refractivity contribution is 6.00. The number of halogens is 1. The molecule has 42 heavy (non-hydrogen) atoms. The number of nitrogens with zero attached hydrogens (tertiary/aromatic N) is 5. The number of Topliss-reactive ketones (excluding diaryl/α,β-unsaturated/α-hetero) is 1. The highest BCUT2D eigenvalue weighted by Crippen LogP contribution is 2.36. The fourth-order valence-corrected chi connectivity index (χ4v) is 5.39. The molecule has 0 bridgehead atoms. The van der Waals surface area contributed by atoms with E-state index in [4.69, 9.17) is 10.7 Å². The summed E-state index contributed by atoms with van der Waals surface area (Å²) >= 11 is 0. The lowest BCUT2D eigenvalue weighted by molar-refractivity contribution is -0.147. The van der Waals surface area contributed by atoms with Gasteiger partial charge in [-0.3, -0.25) is 14.6 Å². The van der Waals surface area contributed by atoms with E-state index in [9.17, 15) is 29.3 Å². The number of nitrogen functional groups attached to an aromatic ring is 1. The first-order chi connectivity index (χ1) is 20.1. The molecule has 0 spiro atoms. The predicted molar refractivity (Wildman–Crippen MR) is 153 cm³/mol. The molecule has 12 heteroatoms. The molecule has 11 nitrogen and oxygen atoms in total. The number of anilines is 1. The first-order valence-electron chi connectivity index (χ1n) is 13.7. The minimum absolute atomic E-state index is 0.155. The van der Waals surface area contributed by atoms with Gasteiger partial charge in [0, 0.05) is 47.5 Å². The maximum Gasteiger partial charge on any atom is 0.233 e. The zero-order chi connectivity index (χ0) is 30.2. The number of carbonyl (C=O) groups is 2. The third-order valence-electron chi connectivity index (χ3n) is 8.03. The van der Waals surface area contributed by atoms with Crippen LogP contribution in [-0.2, 0) is 11.4 Å². The van der Waals surface area contributed by atoms with Crippen LogP contribution in [-0.4, -0.2) is 77.8 Å². The van der Waals surface area contributed by atoms with Gasteiger partial charge >= 0.3 is 0 Å². The molecule has 0 atom stereocenters. The van der Waals surface area contributed by atoms with Crippen molar-refractivity contribution in [2.45, 2.75) is 39.2 Å². The summed E-state index contributed by atoms with van der Waals surface area (Å²) in [4.78, 5) is 36.7. The molecule has 5 N–H and O–H groups in total. The number of hydrogen-bond acceptors (Lipinski definition) is 9. The number of nitrogens with two attached hydrogens (primary N) is 1. The standard InChI is InChI=1S/C30H33FN6O5/c1-17(41)25-26(18-7-9-36(10-8-18)29(42)30(2,15-39)16-40)35-28-22(13-34-37(28)27(25)32)20-4-6-24(33-12-20)19-3-5-23(31)21(11-19)14-38/h3-6,11-13,18,38-40H,7-10,14-16,32H2,1-2H3. The topological polar surface area (TPSA) is 167 Å². The number of likely N-dealkylation sites (tertiary alicyclic amines) is 1. The molecule has 1 saturated heterocycles. The van der Waals surface area contributed by atoms with E-state index in [1.54, 1.807) is 35.5 Å². The summed E-state index contributed by atoms with van der Waals surface area (Å²) in [5.74, 6) is -1.03. The predicted octanol–water partition coefficient (Wildman–Crippen LogP) is 2.57. The van der Waals surface area contributed by atoms with Crippen molar-refractivity contribution in [1.29, 1.82) is 0 Å². The summed E-state index contributed by atoms with van der Waals surface area (Å²) in [6.45, 7) is 2.37. The van der Waals surface area contributed by atoms with Crippen LogP contribution < -0.4 is 5.73 Å². The Morgan fingerprint density at radius 3 is 2.36 bits per heavy atom. The van der Waals surface area contributed by atoms with E-state index < -0.39 is 31.1 Å². The Morgan fingerprint density at radius 2 is 1.76 bits per heavy atom. The van der Waals surface area contributed by atoms with Gasteiger partial charge in [-0.2, -0.15) is 9.61 Å². The average Bonchev–Trinajstić information content (AvgIpc) is 3.45. The normalized spacial score (nSPS) is 14.5. The van der Waals surface area contributed by atoms with E-state index >= 15 is 0 Å². The molecule has 1 aliphatic rings. The Balaban J connectivity index is 1.47. The number of piperidine rings is 1. The van der Waals surface area contributed by atoms with Gasteiger partial charge < -0.3 is 26.0 Å². The summed E-state index contributed by atoms with van der Waals surface area (Å²) in [5, 5.41) is 33.1. The highest BCUT2D eigenvalue weighted by Gasteiger charge is 2.38. The molecule has 0 unspecified atom stereocenters. The molecule has 1 aliphatic heterocycles. The van der Waals surface area contributed by atoms with Gasteiger partial charge in [0.15, 0.2) is 11.4 Å². The number of carbonyl (C=O) groups excluding carboxylic acids is 2. The van der Waals surface area contributed by atoms with Gasteiger partial charge in [0.05, 0.1) is 48.4 Å². The van der Waals surface area contributed by atoms with Crippen molar-refractivity contribution < 1.29 is 29.3 Å². The van der Waals surface area contributed by atoms with E-state index in [1.165, 1.54) is 24.4 Å². The van der Waals surface area contributed by atoms with Crippen molar-refractivity contribution in [3.8, 4) is 22.4 Å². The number of hydrogen-bond donors (Lipinski definition) is 4. The van der Waals surface area contributed by atoms with Gasteiger partial charge in [-0.05, 0) is 51.0 Å². The largest absolute Gasteiger partial charge is 0.395 e. The minimum atomic E-state index is -1.26. The third-order valence-corrected chi connectivity index (χ3v) is 8.03. The fraction of sp³-hybridized carbons (Fsp3) is 0.367. The lowest BCUT2D eigenvalue weighted by Gasteiger charge is -2.37. The lowest BCUT2D eigenvalue weighted by Crippen LogP contribution is -2.49. The number of aliphatic hydroxyl groups is 3. The Labute approximate surface area is 241 Å². The Hall–Kier alpha value is -4.26. The monoisotopic (exact) mass is 576 g/mol. The van der Waals surface area contributed by atoms with Gasteiger partial charge in [-0.1, -0.05) is 6.07 Å². The Bertz CT molecular complexity index is 1640. The van der Waals surface area contributed by atoms with E-state index in [0.717, 1.165) is 0 Å². The van der Waals surface area contributed by atoms with E-state index in [0.29, 0.717) is 65.2 Å². The fourth-order valence-electron chi connectivity index (χ4n) is 5.39. The number of pyridine rings is 1. The van der Waals surface area contributed by atoms with Crippen LogP contribution in [0.2, 0.25) is 0 Å². The minimum Gasteiger partial charge on any atom is -0.395 e. The lowest BCUT2D eigenvalue weighted by atomic mass is 9.86. The molecular formula is C30H33FN6O5. The van der Waals surface area contributed by atoms with Gasteiger partial charge in [-0.15, -0.1) is 0 Å². The van der Waals surface area contributed by atoms with Crippen LogP contribution in [0.3, 0.4) is 0 Å². The van der Waals surface area contributed by atoms with Crippen LogP contribution in [0.15, 0.2) is 42.7 Å². The molecule has 1 aromatic carbocycles. The van der Waals surface area contributed by atoms with Gasteiger partial charge in [0.2, 0.25) is 5.91 Å². The number of aromatic nitrogens is 4. The molecule has 4 heterocycles. The molecule has 5 rings (SSSR count).